The molecule has 1 aliphatic carbocycles. The quantitative estimate of drug-likeness (QED) is 0.946. The average Bonchev–Trinajstić information content (AvgIpc) is 3.02. The van der Waals surface area contributed by atoms with Gasteiger partial charge in [-0.1, -0.05) is 24.3 Å². The zero-order valence-electron chi connectivity index (χ0n) is 12.4. The average molecular weight is 314 g/mol. The minimum Gasteiger partial charge on any atom is -0.445 e. The first-order chi connectivity index (χ1) is 10.8. The van der Waals surface area contributed by atoms with Crippen LogP contribution in [0.4, 0.5) is 10.5 Å². The number of carbonyl (C=O) groups excluding carboxylic acids is 1. The predicted molar refractivity (Wildman–Crippen MR) is 88.3 cm³/mol. The van der Waals surface area contributed by atoms with Crippen LogP contribution in [0.15, 0.2) is 41.8 Å². The van der Waals surface area contributed by atoms with E-state index in [2.05, 4.69) is 11.4 Å². The molecule has 2 atom stereocenters. The highest BCUT2D eigenvalue weighted by Crippen LogP contribution is 2.44. The molecule has 22 heavy (non-hydrogen) atoms. The number of nitrogens with zero attached hydrogens (tertiary/aromatic N) is 1. The molecule has 4 rings (SSSR count). The fraction of sp³-hybridized carbons (Fsp3) is 0.353. The molecule has 2 unspecified atom stereocenters. The highest BCUT2D eigenvalue weighted by molar-refractivity contribution is 7.13. The summed E-state index contributed by atoms with van der Waals surface area (Å²) in [5.74, 6) is 1.04. The van der Waals surface area contributed by atoms with Gasteiger partial charge < -0.3 is 10.1 Å². The SMILES string of the molecule is CN(C(=O)OC1C2CNCC21)c1ccccc1-c1cccs1. The van der Waals surface area contributed by atoms with E-state index < -0.39 is 0 Å². The van der Waals surface area contributed by atoms with Gasteiger partial charge in [-0.3, -0.25) is 4.90 Å². The van der Waals surface area contributed by atoms with Gasteiger partial charge in [0.2, 0.25) is 0 Å². The molecule has 2 heterocycles. The van der Waals surface area contributed by atoms with E-state index in [-0.39, 0.29) is 12.2 Å². The number of carbonyl (C=O) groups is 1. The largest absolute Gasteiger partial charge is 0.445 e. The van der Waals surface area contributed by atoms with Crippen LogP contribution in [0.25, 0.3) is 10.4 Å². The summed E-state index contributed by atoms with van der Waals surface area (Å²) in [4.78, 5) is 15.2. The Morgan fingerprint density at radius 1 is 1.23 bits per heavy atom. The Labute approximate surface area is 133 Å². The molecule has 2 fully saturated rings. The third-order valence-electron chi connectivity index (χ3n) is 4.58. The lowest BCUT2D eigenvalue weighted by molar-refractivity contribution is 0.134. The highest BCUT2D eigenvalue weighted by atomic mass is 32.1. The molecule has 1 aromatic carbocycles. The topological polar surface area (TPSA) is 41.6 Å². The van der Waals surface area contributed by atoms with Crippen molar-refractivity contribution in [2.45, 2.75) is 6.10 Å². The molecule has 2 aliphatic rings. The number of amides is 1. The van der Waals surface area contributed by atoms with Crippen LogP contribution in [0.1, 0.15) is 0 Å². The second-order valence-corrected chi connectivity index (χ2v) is 6.84. The van der Waals surface area contributed by atoms with E-state index in [1.165, 1.54) is 0 Å². The first-order valence-corrected chi connectivity index (χ1v) is 8.41. The van der Waals surface area contributed by atoms with Crippen molar-refractivity contribution in [2.75, 3.05) is 25.0 Å². The summed E-state index contributed by atoms with van der Waals surface area (Å²) in [5.41, 5.74) is 1.95. The van der Waals surface area contributed by atoms with E-state index in [1.54, 1.807) is 23.3 Å². The van der Waals surface area contributed by atoms with Crippen molar-refractivity contribution in [1.82, 2.24) is 5.32 Å². The van der Waals surface area contributed by atoms with Crippen molar-refractivity contribution in [1.29, 1.82) is 0 Å². The second-order valence-electron chi connectivity index (χ2n) is 5.89. The number of ether oxygens (including phenoxy) is 1. The van der Waals surface area contributed by atoms with Gasteiger partial charge in [-0.05, 0) is 17.5 Å². The molecule has 5 heteroatoms. The van der Waals surface area contributed by atoms with E-state index >= 15 is 0 Å². The lowest BCUT2D eigenvalue weighted by Gasteiger charge is -2.20. The number of benzene rings is 1. The van der Waals surface area contributed by atoms with Gasteiger partial charge in [0, 0.05) is 42.4 Å². The molecule has 1 aliphatic heterocycles. The standard InChI is InChI=1S/C17H18N2O2S/c1-19(17(20)21-16-12-9-18-10-13(12)16)14-6-3-2-5-11(14)15-7-4-8-22-15/h2-8,12-13,16,18H,9-10H2,1H3. The molecular weight excluding hydrogens is 296 g/mol. The molecule has 1 N–H and O–H groups in total. The minimum atomic E-state index is -0.261. The first-order valence-electron chi connectivity index (χ1n) is 7.53. The number of hydrogen-bond acceptors (Lipinski definition) is 4. The Bertz CT molecular complexity index is 676. The summed E-state index contributed by atoms with van der Waals surface area (Å²) in [6, 6.07) is 12.0. The van der Waals surface area contributed by atoms with Crippen LogP contribution in [-0.4, -0.2) is 32.3 Å². The lowest BCUT2D eigenvalue weighted by atomic mass is 10.1. The summed E-state index contributed by atoms with van der Waals surface area (Å²) in [7, 11) is 1.78. The van der Waals surface area contributed by atoms with Crippen LogP contribution in [0.2, 0.25) is 0 Å². The molecule has 1 saturated heterocycles. The third kappa shape index (κ3) is 2.30. The fourth-order valence-electron chi connectivity index (χ4n) is 3.24. The molecule has 2 aromatic rings. The number of piperidine rings is 1. The van der Waals surface area contributed by atoms with Crippen molar-refractivity contribution in [2.24, 2.45) is 11.8 Å². The Morgan fingerprint density at radius 2 is 2.00 bits per heavy atom. The lowest BCUT2D eigenvalue weighted by Crippen LogP contribution is -2.30. The van der Waals surface area contributed by atoms with E-state index in [4.69, 9.17) is 4.74 Å². The molecular formula is C17H18N2O2S. The van der Waals surface area contributed by atoms with Crippen LogP contribution in [0, 0.1) is 11.8 Å². The highest BCUT2D eigenvalue weighted by Gasteiger charge is 2.56. The zero-order chi connectivity index (χ0) is 15.1. The van der Waals surface area contributed by atoms with Crippen LogP contribution in [-0.2, 0) is 4.74 Å². The minimum absolute atomic E-state index is 0.102. The maximum Gasteiger partial charge on any atom is 0.414 e. The van der Waals surface area contributed by atoms with Gasteiger partial charge in [0.25, 0.3) is 0 Å². The van der Waals surface area contributed by atoms with Crippen molar-refractivity contribution in [3.63, 3.8) is 0 Å². The zero-order valence-corrected chi connectivity index (χ0v) is 13.2. The number of nitrogens with one attached hydrogen (secondary N) is 1. The van der Waals surface area contributed by atoms with Gasteiger partial charge in [-0.2, -0.15) is 0 Å². The van der Waals surface area contributed by atoms with E-state index in [0.717, 1.165) is 29.2 Å². The van der Waals surface area contributed by atoms with Crippen molar-refractivity contribution in [3.8, 4) is 10.4 Å². The smallest absolute Gasteiger partial charge is 0.414 e. The van der Waals surface area contributed by atoms with E-state index in [9.17, 15) is 4.79 Å². The monoisotopic (exact) mass is 314 g/mol. The third-order valence-corrected chi connectivity index (χ3v) is 5.48. The molecule has 0 spiro atoms. The number of rotatable bonds is 3. The van der Waals surface area contributed by atoms with Crippen molar-refractivity contribution in [3.05, 3.63) is 41.8 Å². The van der Waals surface area contributed by atoms with Crippen LogP contribution in [0.3, 0.4) is 0 Å². The molecule has 0 radical (unpaired) electrons. The second kappa shape index (κ2) is 5.41. The van der Waals surface area contributed by atoms with Gasteiger partial charge in [0.1, 0.15) is 6.10 Å². The Morgan fingerprint density at radius 3 is 2.73 bits per heavy atom. The maximum absolute atomic E-state index is 12.4. The Balaban J connectivity index is 1.53. The predicted octanol–water partition coefficient (Wildman–Crippen LogP) is 3.21. The van der Waals surface area contributed by atoms with Crippen molar-refractivity contribution < 1.29 is 9.53 Å². The van der Waals surface area contributed by atoms with Crippen LogP contribution in [0.5, 0.6) is 0 Å². The van der Waals surface area contributed by atoms with E-state index in [0.29, 0.717) is 11.8 Å². The van der Waals surface area contributed by atoms with E-state index in [1.807, 2.05) is 35.7 Å². The fourth-order valence-corrected chi connectivity index (χ4v) is 4.00. The number of thiophene rings is 1. The van der Waals surface area contributed by atoms with Gasteiger partial charge in [0.05, 0.1) is 5.69 Å². The van der Waals surface area contributed by atoms with Crippen molar-refractivity contribution >= 4 is 23.1 Å². The van der Waals surface area contributed by atoms with Crippen LogP contribution < -0.4 is 10.2 Å². The van der Waals surface area contributed by atoms with Crippen LogP contribution >= 0.6 is 11.3 Å². The number of para-hydroxylation sites is 1. The molecule has 0 bridgehead atoms. The molecule has 4 nitrogen and oxygen atoms in total. The Hall–Kier alpha value is -1.85. The summed E-state index contributed by atoms with van der Waals surface area (Å²) < 4.78 is 5.67. The summed E-state index contributed by atoms with van der Waals surface area (Å²) in [5, 5.41) is 5.35. The van der Waals surface area contributed by atoms with Gasteiger partial charge >= 0.3 is 6.09 Å². The number of hydrogen-bond donors (Lipinski definition) is 1. The molecule has 1 amide bonds. The van der Waals surface area contributed by atoms with Gasteiger partial charge in [-0.25, -0.2) is 4.79 Å². The van der Waals surface area contributed by atoms with Gasteiger partial charge in [0.15, 0.2) is 0 Å². The Kier molecular flexibility index (Phi) is 3.39. The summed E-state index contributed by atoms with van der Waals surface area (Å²) in [6.07, 6.45) is -0.159. The molecule has 1 saturated carbocycles. The first kappa shape index (κ1) is 13.8. The molecule has 1 aromatic heterocycles. The number of anilines is 1. The van der Waals surface area contributed by atoms with Gasteiger partial charge in [-0.15, -0.1) is 11.3 Å². The normalized spacial score (nSPS) is 25.6. The summed E-state index contributed by atoms with van der Waals surface area (Å²) in [6.45, 7) is 1.94. The number of fused-ring (bicyclic) bond motifs is 1. The maximum atomic E-state index is 12.4. The summed E-state index contributed by atoms with van der Waals surface area (Å²) >= 11 is 1.67. The molecule has 114 valence electrons.